The Labute approximate surface area is 220 Å². The average Bonchev–Trinajstić information content (AvgIpc) is 2.87. The number of ether oxygens (including phenoxy) is 2. The van der Waals surface area contributed by atoms with E-state index in [1.54, 1.807) is 42.5 Å². The molecule has 0 bridgehead atoms. The summed E-state index contributed by atoms with van der Waals surface area (Å²) in [5, 5.41) is 4.98. The molecule has 9 heteroatoms. The number of hydrogen-bond donors (Lipinski definition) is 2. The standard InChI is InChI=1S/C29H27N3O6/c1-17-6-5-7-21(12-17)30-26(33)16-38-24-11-9-20(15-25(24)37-4)14-23-27(34)31-29(36)32(28(23)35)22-10-8-18(2)19(3)13-22/h5-15H,16H2,1-4H3,(H,30,33)(H,31,34,36)/b23-14-. The molecule has 38 heavy (non-hydrogen) atoms. The van der Waals surface area contributed by atoms with Crippen LogP contribution in [0.15, 0.2) is 66.2 Å². The van der Waals surface area contributed by atoms with Crippen LogP contribution in [0.5, 0.6) is 11.5 Å². The maximum atomic E-state index is 13.2. The number of amides is 5. The molecule has 0 saturated carbocycles. The molecule has 0 aromatic heterocycles. The molecule has 3 aromatic rings. The number of imide groups is 2. The van der Waals surface area contributed by atoms with E-state index in [2.05, 4.69) is 10.6 Å². The van der Waals surface area contributed by atoms with E-state index in [0.717, 1.165) is 21.6 Å². The van der Waals surface area contributed by atoms with Crippen molar-refractivity contribution in [3.63, 3.8) is 0 Å². The van der Waals surface area contributed by atoms with E-state index >= 15 is 0 Å². The fourth-order valence-corrected chi connectivity index (χ4v) is 3.88. The molecule has 4 rings (SSSR count). The number of nitrogens with one attached hydrogen (secondary N) is 2. The number of barbiturate groups is 1. The molecule has 3 aromatic carbocycles. The number of urea groups is 1. The third kappa shape index (κ3) is 5.73. The molecule has 1 heterocycles. The zero-order chi connectivity index (χ0) is 27.4. The zero-order valence-corrected chi connectivity index (χ0v) is 21.5. The van der Waals surface area contributed by atoms with Gasteiger partial charge in [-0.15, -0.1) is 0 Å². The summed E-state index contributed by atoms with van der Waals surface area (Å²) in [4.78, 5) is 51.5. The predicted molar refractivity (Wildman–Crippen MR) is 143 cm³/mol. The third-order valence-electron chi connectivity index (χ3n) is 6.01. The van der Waals surface area contributed by atoms with E-state index in [4.69, 9.17) is 9.47 Å². The Morgan fingerprint density at radius 3 is 2.45 bits per heavy atom. The highest BCUT2D eigenvalue weighted by atomic mass is 16.5. The van der Waals surface area contributed by atoms with Crippen LogP contribution in [0.1, 0.15) is 22.3 Å². The van der Waals surface area contributed by atoms with Crippen molar-refractivity contribution in [2.24, 2.45) is 0 Å². The lowest BCUT2D eigenvalue weighted by Gasteiger charge is -2.26. The number of rotatable bonds is 7. The second-order valence-electron chi connectivity index (χ2n) is 8.84. The smallest absolute Gasteiger partial charge is 0.335 e. The van der Waals surface area contributed by atoms with E-state index < -0.39 is 17.8 Å². The lowest BCUT2D eigenvalue weighted by molar-refractivity contribution is -0.122. The molecule has 1 fully saturated rings. The summed E-state index contributed by atoms with van der Waals surface area (Å²) in [6.45, 7) is 5.47. The summed E-state index contributed by atoms with van der Waals surface area (Å²) in [5.41, 5.74) is 4.20. The summed E-state index contributed by atoms with van der Waals surface area (Å²) < 4.78 is 11.0. The molecule has 5 amide bonds. The molecule has 0 aliphatic carbocycles. The minimum Gasteiger partial charge on any atom is -0.493 e. The highest BCUT2D eigenvalue weighted by molar-refractivity contribution is 6.39. The quantitative estimate of drug-likeness (QED) is 0.360. The molecular formula is C29H27N3O6. The summed E-state index contributed by atoms with van der Waals surface area (Å²) in [6, 6.07) is 16.5. The van der Waals surface area contributed by atoms with Crippen LogP contribution in [0.3, 0.4) is 0 Å². The summed E-state index contributed by atoms with van der Waals surface area (Å²) >= 11 is 0. The van der Waals surface area contributed by atoms with E-state index in [1.165, 1.54) is 13.2 Å². The van der Waals surface area contributed by atoms with Crippen LogP contribution < -0.4 is 25.0 Å². The lowest BCUT2D eigenvalue weighted by Crippen LogP contribution is -2.54. The normalized spacial score (nSPS) is 14.4. The van der Waals surface area contributed by atoms with Crippen molar-refractivity contribution in [3.05, 3.63) is 88.5 Å². The van der Waals surface area contributed by atoms with Crippen LogP contribution in [-0.4, -0.2) is 37.5 Å². The van der Waals surface area contributed by atoms with Gasteiger partial charge in [0, 0.05) is 5.69 Å². The molecule has 0 radical (unpaired) electrons. The highest BCUT2D eigenvalue weighted by Crippen LogP contribution is 2.30. The van der Waals surface area contributed by atoms with Gasteiger partial charge in [0.2, 0.25) is 0 Å². The SMILES string of the molecule is COc1cc(/C=C2/C(=O)NC(=O)N(c3ccc(C)c(C)c3)C2=O)ccc1OCC(=O)Nc1cccc(C)c1. The molecule has 0 atom stereocenters. The van der Waals surface area contributed by atoms with Crippen molar-refractivity contribution in [3.8, 4) is 11.5 Å². The molecule has 0 unspecified atom stereocenters. The van der Waals surface area contributed by atoms with Crippen LogP contribution in [0.25, 0.3) is 6.08 Å². The van der Waals surface area contributed by atoms with E-state index in [0.29, 0.717) is 28.4 Å². The minimum absolute atomic E-state index is 0.212. The van der Waals surface area contributed by atoms with Crippen LogP contribution >= 0.6 is 0 Å². The first kappa shape index (κ1) is 26.2. The Morgan fingerprint density at radius 2 is 1.74 bits per heavy atom. The molecule has 0 spiro atoms. The van der Waals surface area contributed by atoms with E-state index in [9.17, 15) is 19.2 Å². The average molecular weight is 514 g/mol. The molecule has 1 aliphatic heterocycles. The van der Waals surface area contributed by atoms with Crippen LogP contribution in [0, 0.1) is 20.8 Å². The Bertz CT molecular complexity index is 1480. The number of hydrogen-bond acceptors (Lipinski definition) is 6. The first-order valence-corrected chi connectivity index (χ1v) is 11.8. The second-order valence-corrected chi connectivity index (χ2v) is 8.84. The predicted octanol–water partition coefficient (Wildman–Crippen LogP) is 4.30. The zero-order valence-electron chi connectivity index (χ0n) is 21.5. The topological polar surface area (TPSA) is 114 Å². The fourth-order valence-electron chi connectivity index (χ4n) is 3.88. The molecule has 9 nitrogen and oxygen atoms in total. The molecule has 1 aliphatic rings. The second kappa shape index (κ2) is 11.0. The third-order valence-corrected chi connectivity index (χ3v) is 6.01. The van der Waals surface area contributed by atoms with Gasteiger partial charge >= 0.3 is 6.03 Å². The summed E-state index contributed by atoms with van der Waals surface area (Å²) in [7, 11) is 1.44. The van der Waals surface area contributed by atoms with Gasteiger partial charge in [0.05, 0.1) is 12.8 Å². The van der Waals surface area contributed by atoms with Gasteiger partial charge in [0.25, 0.3) is 17.7 Å². The Kier molecular flexibility index (Phi) is 7.57. The Morgan fingerprint density at radius 1 is 0.947 bits per heavy atom. The maximum Gasteiger partial charge on any atom is 0.335 e. The number of aryl methyl sites for hydroxylation is 3. The van der Waals surface area contributed by atoms with Crippen LogP contribution in [0.2, 0.25) is 0 Å². The van der Waals surface area contributed by atoms with E-state index in [-0.39, 0.29) is 18.1 Å². The Hall–Kier alpha value is -4.92. The van der Waals surface area contributed by atoms with Crippen molar-refractivity contribution in [2.75, 3.05) is 23.9 Å². The maximum absolute atomic E-state index is 13.2. The van der Waals surface area contributed by atoms with Gasteiger partial charge in [0.15, 0.2) is 18.1 Å². The number of nitrogens with zero attached hydrogens (tertiary/aromatic N) is 1. The first-order chi connectivity index (χ1) is 18.2. The molecular weight excluding hydrogens is 486 g/mol. The first-order valence-electron chi connectivity index (χ1n) is 11.8. The molecule has 1 saturated heterocycles. The number of anilines is 2. The van der Waals surface area contributed by atoms with Gasteiger partial charge in [0.1, 0.15) is 5.57 Å². The number of benzene rings is 3. The monoisotopic (exact) mass is 513 g/mol. The largest absolute Gasteiger partial charge is 0.493 e. The van der Waals surface area contributed by atoms with Crippen molar-refractivity contribution in [1.29, 1.82) is 0 Å². The molecule has 2 N–H and O–H groups in total. The minimum atomic E-state index is -0.814. The highest BCUT2D eigenvalue weighted by Gasteiger charge is 2.37. The summed E-state index contributed by atoms with van der Waals surface area (Å²) in [6.07, 6.45) is 1.37. The van der Waals surface area contributed by atoms with Gasteiger partial charge in [-0.05, 0) is 85.5 Å². The van der Waals surface area contributed by atoms with Gasteiger partial charge in [-0.2, -0.15) is 0 Å². The van der Waals surface area contributed by atoms with Gasteiger partial charge in [-0.3, -0.25) is 19.7 Å². The number of carbonyl (C=O) groups excluding carboxylic acids is 4. The van der Waals surface area contributed by atoms with Crippen LogP contribution in [-0.2, 0) is 14.4 Å². The number of carbonyl (C=O) groups is 4. The lowest BCUT2D eigenvalue weighted by atomic mass is 10.0. The van der Waals surface area contributed by atoms with Crippen molar-refractivity contribution < 1.29 is 28.7 Å². The van der Waals surface area contributed by atoms with Crippen molar-refractivity contribution in [2.45, 2.75) is 20.8 Å². The molecule has 194 valence electrons. The Balaban J connectivity index is 1.52. The van der Waals surface area contributed by atoms with Crippen molar-refractivity contribution >= 4 is 41.2 Å². The summed E-state index contributed by atoms with van der Waals surface area (Å²) in [5.74, 6) is -1.28. The van der Waals surface area contributed by atoms with Gasteiger partial charge < -0.3 is 14.8 Å². The number of methoxy groups -OCH3 is 1. The fraction of sp³-hybridized carbons (Fsp3) is 0.172. The van der Waals surface area contributed by atoms with Crippen molar-refractivity contribution in [1.82, 2.24) is 5.32 Å². The van der Waals surface area contributed by atoms with Gasteiger partial charge in [-0.25, -0.2) is 9.69 Å². The van der Waals surface area contributed by atoms with Crippen LogP contribution in [0.4, 0.5) is 16.2 Å². The van der Waals surface area contributed by atoms with Gasteiger partial charge in [-0.1, -0.05) is 24.3 Å². The van der Waals surface area contributed by atoms with E-state index in [1.807, 2.05) is 39.0 Å².